The molecule has 24 heavy (non-hydrogen) atoms. The lowest BCUT2D eigenvalue weighted by molar-refractivity contribution is -0.142. The third-order valence-corrected chi connectivity index (χ3v) is 6.85. The first-order chi connectivity index (χ1) is 11.8. The van der Waals surface area contributed by atoms with Gasteiger partial charge >= 0.3 is 0 Å². The summed E-state index contributed by atoms with van der Waals surface area (Å²) in [5, 5.41) is 6.18. The number of carbonyl (C=O) groups is 1. The van der Waals surface area contributed by atoms with Gasteiger partial charge in [0.05, 0.1) is 11.3 Å². The summed E-state index contributed by atoms with van der Waals surface area (Å²) >= 11 is 1.72. The molecule has 3 fully saturated rings. The molecule has 0 bridgehead atoms. The summed E-state index contributed by atoms with van der Waals surface area (Å²) in [6.45, 7) is 1.44. The lowest BCUT2D eigenvalue weighted by Crippen LogP contribution is -2.55. The third kappa shape index (κ3) is 2.23. The van der Waals surface area contributed by atoms with E-state index in [-0.39, 0.29) is 11.3 Å². The number of rotatable bonds is 4. The molecule has 126 valence electrons. The van der Waals surface area contributed by atoms with Crippen molar-refractivity contribution in [1.29, 1.82) is 0 Å². The van der Waals surface area contributed by atoms with Gasteiger partial charge in [0.2, 0.25) is 11.8 Å². The highest BCUT2D eigenvalue weighted by Crippen LogP contribution is 2.46. The molecule has 3 aliphatic rings. The average Bonchev–Trinajstić information content (AvgIpc) is 3.03. The van der Waals surface area contributed by atoms with Crippen molar-refractivity contribution in [2.75, 3.05) is 13.1 Å². The highest BCUT2D eigenvalue weighted by Gasteiger charge is 2.49. The van der Waals surface area contributed by atoms with Crippen molar-refractivity contribution in [1.82, 2.24) is 15.0 Å². The van der Waals surface area contributed by atoms with Gasteiger partial charge in [-0.25, -0.2) is 0 Å². The van der Waals surface area contributed by atoms with Crippen LogP contribution in [0.4, 0.5) is 0 Å². The van der Waals surface area contributed by atoms with E-state index in [0.29, 0.717) is 11.8 Å². The summed E-state index contributed by atoms with van der Waals surface area (Å²) in [6, 6.07) is 4.19. The Bertz CT molecular complexity index is 738. The SMILES string of the molecule is O=C(N1CC(c2nc(C3CC3)no2)C1)C1(c2cccs2)CCCC1. The molecule has 0 unspecified atom stereocenters. The maximum atomic E-state index is 13.2. The summed E-state index contributed by atoms with van der Waals surface area (Å²) in [5.41, 5.74) is -0.271. The maximum Gasteiger partial charge on any atom is 0.234 e. The van der Waals surface area contributed by atoms with Crippen molar-refractivity contribution < 1.29 is 9.32 Å². The molecule has 6 heteroatoms. The second kappa shape index (κ2) is 5.41. The molecule has 5 rings (SSSR count). The molecule has 0 spiro atoms. The summed E-state index contributed by atoms with van der Waals surface area (Å²) in [5.74, 6) is 2.62. The van der Waals surface area contributed by atoms with E-state index in [2.05, 4.69) is 27.7 Å². The minimum atomic E-state index is -0.271. The van der Waals surface area contributed by atoms with Crippen molar-refractivity contribution in [2.45, 2.75) is 55.8 Å². The lowest BCUT2D eigenvalue weighted by Gasteiger charge is -2.42. The molecule has 1 amide bonds. The molecular formula is C18H21N3O2S. The first-order valence-electron chi connectivity index (χ1n) is 8.93. The van der Waals surface area contributed by atoms with E-state index in [1.54, 1.807) is 11.3 Å². The molecular weight excluding hydrogens is 322 g/mol. The predicted molar refractivity (Wildman–Crippen MR) is 90.1 cm³/mol. The van der Waals surface area contributed by atoms with Crippen LogP contribution in [0.2, 0.25) is 0 Å². The topological polar surface area (TPSA) is 59.2 Å². The molecule has 5 nitrogen and oxygen atoms in total. The van der Waals surface area contributed by atoms with Crippen LogP contribution < -0.4 is 0 Å². The first-order valence-corrected chi connectivity index (χ1v) is 9.81. The fourth-order valence-electron chi connectivity index (χ4n) is 4.12. The lowest BCUT2D eigenvalue weighted by atomic mass is 9.81. The van der Waals surface area contributed by atoms with E-state index in [9.17, 15) is 4.79 Å². The fraction of sp³-hybridized carbons (Fsp3) is 0.611. The van der Waals surface area contributed by atoms with Gasteiger partial charge < -0.3 is 9.42 Å². The van der Waals surface area contributed by atoms with Gasteiger partial charge in [0, 0.05) is 23.9 Å². The number of nitrogens with zero attached hydrogens (tertiary/aromatic N) is 3. The van der Waals surface area contributed by atoms with Crippen molar-refractivity contribution in [3.63, 3.8) is 0 Å². The second-order valence-corrected chi connectivity index (χ2v) is 8.39. The zero-order valence-electron chi connectivity index (χ0n) is 13.6. The number of carbonyl (C=O) groups excluding carboxylic acids is 1. The van der Waals surface area contributed by atoms with Gasteiger partial charge in [-0.1, -0.05) is 24.1 Å². The highest BCUT2D eigenvalue weighted by atomic mass is 32.1. The quantitative estimate of drug-likeness (QED) is 0.853. The Hall–Kier alpha value is -1.69. The van der Waals surface area contributed by atoms with Crippen LogP contribution in [0.3, 0.4) is 0 Å². The average molecular weight is 343 g/mol. The van der Waals surface area contributed by atoms with Gasteiger partial charge in [0.1, 0.15) is 0 Å². The molecule has 1 aliphatic heterocycles. The molecule has 2 aromatic heterocycles. The summed E-state index contributed by atoms with van der Waals surface area (Å²) < 4.78 is 5.42. The van der Waals surface area contributed by atoms with E-state index >= 15 is 0 Å². The Morgan fingerprint density at radius 1 is 1.25 bits per heavy atom. The van der Waals surface area contributed by atoms with Gasteiger partial charge in [-0.3, -0.25) is 4.79 Å². The Kier molecular flexibility index (Phi) is 3.30. The zero-order chi connectivity index (χ0) is 16.1. The minimum absolute atomic E-state index is 0.218. The number of hydrogen-bond donors (Lipinski definition) is 0. The van der Waals surface area contributed by atoms with Crippen LogP contribution in [0.15, 0.2) is 22.0 Å². The van der Waals surface area contributed by atoms with Crippen molar-refractivity contribution in [3.8, 4) is 0 Å². The predicted octanol–water partition coefficient (Wildman–Crippen LogP) is 3.45. The Labute approximate surface area is 145 Å². The molecule has 0 aromatic carbocycles. The van der Waals surface area contributed by atoms with Crippen LogP contribution in [0.25, 0.3) is 0 Å². The number of likely N-dealkylation sites (tertiary alicyclic amines) is 1. The van der Waals surface area contributed by atoms with Crippen LogP contribution in [0, 0.1) is 0 Å². The second-order valence-electron chi connectivity index (χ2n) is 7.44. The van der Waals surface area contributed by atoms with Crippen LogP contribution >= 0.6 is 11.3 Å². The monoisotopic (exact) mass is 343 g/mol. The highest BCUT2D eigenvalue weighted by molar-refractivity contribution is 7.10. The van der Waals surface area contributed by atoms with E-state index in [0.717, 1.165) is 50.5 Å². The minimum Gasteiger partial charge on any atom is -0.340 e. The Balaban J connectivity index is 1.30. The molecule has 1 saturated heterocycles. The third-order valence-electron chi connectivity index (χ3n) is 5.78. The van der Waals surface area contributed by atoms with E-state index in [1.165, 1.54) is 17.7 Å². The molecule has 3 heterocycles. The van der Waals surface area contributed by atoms with Crippen LogP contribution in [0.5, 0.6) is 0 Å². The standard InChI is InChI=1S/C18H21N3O2S/c22-17(18(7-1-2-8-18)14-4-3-9-24-14)21-10-13(11-21)16-19-15(20-23-16)12-5-6-12/h3-4,9,12-13H,1-2,5-8,10-11H2. The normalized spacial score (nSPS) is 23.4. The Morgan fingerprint density at radius 2 is 2.04 bits per heavy atom. The number of aromatic nitrogens is 2. The molecule has 0 radical (unpaired) electrons. The van der Waals surface area contributed by atoms with Gasteiger partial charge in [0.25, 0.3) is 0 Å². The molecule has 0 atom stereocenters. The van der Waals surface area contributed by atoms with Gasteiger partial charge in [-0.2, -0.15) is 4.98 Å². The van der Waals surface area contributed by atoms with Crippen LogP contribution in [-0.4, -0.2) is 34.0 Å². The number of thiophene rings is 1. The van der Waals surface area contributed by atoms with Crippen molar-refractivity contribution in [2.24, 2.45) is 0 Å². The molecule has 2 aromatic rings. The maximum absolute atomic E-state index is 13.2. The van der Waals surface area contributed by atoms with Gasteiger partial charge in [-0.05, 0) is 37.1 Å². The smallest absolute Gasteiger partial charge is 0.234 e. The van der Waals surface area contributed by atoms with Crippen molar-refractivity contribution in [3.05, 3.63) is 34.1 Å². The summed E-state index contributed by atoms with van der Waals surface area (Å²) in [4.78, 5) is 21.0. The van der Waals surface area contributed by atoms with Crippen LogP contribution in [-0.2, 0) is 10.2 Å². The summed E-state index contributed by atoms with van der Waals surface area (Å²) in [6.07, 6.45) is 6.62. The molecule has 2 saturated carbocycles. The largest absolute Gasteiger partial charge is 0.340 e. The van der Waals surface area contributed by atoms with Gasteiger partial charge in [0.15, 0.2) is 5.82 Å². The fourth-order valence-corrected chi connectivity index (χ4v) is 5.10. The van der Waals surface area contributed by atoms with E-state index in [4.69, 9.17) is 4.52 Å². The number of amides is 1. The number of hydrogen-bond acceptors (Lipinski definition) is 5. The van der Waals surface area contributed by atoms with Crippen molar-refractivity contribution >= 4 is 17.2 Å². The zero-order valence-corrected chi connectivity index (χ0v) is 14.4. The van der Waals surface area contributed by atoms with E-state index in [1.807, 2.05) is 4.90 Å². The first kappa shape index (κ1) is 14.6. The summed E-state index contributed by atoms with van der Waals surface area (Å²) in [7, 11) is 0. The van der Waals surface area contributed by atoms with Crippen LogP contribution in [0.1, 0.15) is 67.0 Å². The van der Waals surface area contributed by atoms with Gasteiger partial charge in [-0.15, -0.1) is 11.3 Å². The van der Waals surface area contributed by atoms with E-state index < -0.39 is 0 Å². The Morgan fingerprint density at radius 3 is 2.71 bits per heavy atom. The molecule has 0 N–H and O–H groups in total. The molecule has 2 aliphatic carbocycles.